The lowest BCUT2D eigenvalue weighted by Gasteiger charge is -2.06. The van der Waals surface area contributed by atoms with E-state index in [0.717, 1.165) is 11.6 Å². The molecule has 2 rings (SSSR count). The van der Waals surface area contributed by atoms with Crippen molar-refractivity contribution in [3.05, 3.63) is 29.1 Å². The lowest BCUT2D eigenvalue weighted by molar-refractivity contribution is 0.641. The highest BCUT2D eigenvalue weighted by Crippen LogP contribution is 2.33. The molecule has 1 heterocycles. The van der Waals surface area contributed by atoms with Gasteiger partial charge in [-0.2, -0.15) is 0 Å². The molecule has 1 aromatic rings. The maximum absolute atomic E-state index is 4.61. The Labute approximate surface area is 73.8 Å². The van der Waals surface area contributed by atoms with E-state index in [1.165, 1.54) is 30.5 Å². The minimum absolute atomic E-state index is 0.736. The van der Waals surface area contributed by atoms with Crippen LogP contribution in [0, 0.1) is 6.92 Å². The second kappa shape index (κ2) is 2.89. The molecule has 0 saturated heterocycles. The van der Waals surface area contributed by atoms with Gasteiger partial charge in [0.2, 0.25) is 0 Å². The van der Waals surface area contributed by atoms with E-state index in [2.05, 4.69) is 31.0 Å². The fourth-order valence-corrected chi connectivity index (χ4v) is 2.03. The van der Waals surface area contributed by atoms with E-state index in [-0.39, 0.29) is 0 Å². The molecule has 0 amide bonds. The molecule has 0 spiro atoms. The number of hydrogen-bond acceptors (Lipinski definition) is 1. The zero-order valence-electron chi connectivity index (χ0n) is 7.80. The minimum Gasteiger partial charge on any atom is -0.258 e. The first-order chi connectivity index (χ1) is 5.81. The summed E-state index contributed by atoms with van der Waals surface area (Å²) in [6, 6.07) is 4.37. The molecule has 1 atom stereocenters. The first kappa shape index (κ1) is 7.78. The Bertz CT molecular complexity index is 291. The van der Waals surface area contributed by atoms with Crippen molar-refractivity contribution in [3.8, 4) is 0 Å². The lowest BCUT2D eigenvalue weighted by atomic mass is 10.0. The second-order valence-electron chi connectivity index (χ2n) is 3.64. The van der Waals surface area contributed by atoms with Crippen molar-refractivity contribution in [2.75, 3.05) is 0 Å². The summed E-state index contributed by atoms with van der Waals surface area (Å²) in [5.74, 6) is 0.736. The van der Waals surface area contributed by atoms with Gasteiger partial charge in [0, 0.05) is 17.3 Å². The SMILES string of the molecule is CCC1CCc2ccc(C)nc21. The third kappa shape index (κ3) is 1.13. The molecule has 64 valence electrons. The maximum Gasteiger partial charge on any atom is 0.0469 e. The molecule has 12 heavy (non-hydrogen) atoms. The van der Waals surface area contributed by atoms with Crippen LogP contribution in [0.3, 0.4) is 0 Å². The van der Waals surface area contributed by atoms with Gasteiger partial charge in [-0.1, -0.05) is 13.0 Å². The summed E-state index contributed by atoms with van der Waals surface area (Å²) < 4.78 is 0. The third-order valence-corrected chi connectivity index (χ3v) is 2.79. The van der Waals surface area contributed by atoms with E-state index >= 15 is 0 Å². The Morgan fingerprint density at radius 2 is 2.33 bits per heavy atom. The summed E-state index contributed by atoms with van der Waals surface area (Å²) in [5, 5.41) is 0. The van der Waals surface area contributed by atoms with Crippen molar-refractivity contribution in [2.45, 2.75) is 39.0 Å². The second-order valence-corrected chi connectivity index (χ2v) is 3.64. The van der Waals surface area contributed by atoms with Crippen molar-refractivity contribution in [3.63, 3.8) is 0 Å². The first-order valence-corrected chi connectivity index (χ1v) is 4.77. The molecular weight excluding hydrogens is 146 g/mol. The number of aryl methyl sites for hydroxylation is 2. The van der Waals surface area contributed by atoms with Crippen LogP contribution >= 0.6 is 0 Å². The number of pyridine rings is 1. The van der Waals surface area contributed by atoms with Crippen LogP contribution in [0.4, 0.5) is 0 Å². The van der Waals surface area contributed by atoms with Crippen molar-refractivity contribution in [2.24, 2.45) is 0 Å². The molecule has 1 unspecified atom stereocenters. The monoisotopic (exact) mass is 161 g/mol. The average molecular weight is 161 g/mol. The molecule has 0 saturated carbocycles. The van der Waals surface area contributed by atoms with Gasteiger partial charge in [0.05, 0.1) is 0 Å². The van der Waals surface area contributed by atoms with E-state index in [9.17, 15) is 0 Å². The van der Waals surface area contributed by atoms with Crippen LogP contribution in [0.25, 0.3) is 0 Å². The molecule has 0 aliphatic heterocycles. The predicted octanol–water partition coefficient (Wildman–Crippen LogP) is 2.83. The van der Waals surface area contributed by atoms with Crippen LogP contribution in [0.1, 0.15) is 42.6 Å². The molecule has 0 bridgehead atoms. The van der Waals surface area contributed by atoms with Crippen molar-refractivity contribution in [1.82, 2.24) is 4.98 Å². The zero-order valence-corrected chi connectivity index (χ0v) is 7.80. The molecule has 1 aliphatic rings. The molecule has 0 aromatic carbocycles. The number of fused-ring (bicyclic) bond motifs is 1. The van der Waals surface area contributed by atoms with Crippen LogP contribution in [0.15, 0.2) is 12.1 Å². The van der Waals surface area contributed by atoms with Crippen molar-refractivity contribution >= 4 is 0 Å². The van der Waals surface area contributed by atoms with Crippen LogP contribution in [0.5, 0.6) is 0 Å². The molecule has 0 N–H and O–H groups in total. The van der Waals surface area contributed by atoms with E-state index in [4.69, 9.17) is 0 Å². The first-order valence-electron chi connectivity index (χ1n) is 4.77. The lowest BCUT2D eigenvalue weighted by Crippen LogP contribution is -1.96. The maximum atomic E-state index is 4.61. The van der Waals surface area contributed by atoms with Crippen LogP contribution < -0.4 is 0 Å². The molecule has 1 heteroatoms. The van der Waals surface area contributed by atoms with Gasteiger partial charge >= 0.3 is 0 Å². The third-order valence-electron chi connectivity index (χ3n) is 2.79. The van der Waals surface area contributed by atoms with Crippen molar-refractivity contribution < 1.29 is 0 Å². The summed E-state index contributed by atoms with van der Waals surface area (Å²) >= 11 is 0. The Morgan fingerprint density at radius 3 is 3.08 bits per heavy atom. The summed E-state index contributed by atoms with van der Waals surface area (Å²) in [5.41, 5.74) is 4.01. The number of rotatable bonds is 1. The van der Waals surface area contributed by atoms with E-state index in [1.54, 1.807) is 0 Å². The van der Waals surface area contributed by atoms with Crippen LogP contribution in [0.2, 0.25) is 0 Å². The zero-order chi connectivity index (χ0) is 8.55. The summed E-state index contributed by atoms with van der Waals surface area (Å²) in [7, 11) is 0. The van der Waals surface area contributed by atoms with Gasteiger partial charge in [0.25, 0.3) is 0 Å². The minimum atomic E-state index is 0.736. The molecule has 1 aromatic heterocycles. The summed E-state index contributed by atoms with van der Waals surface area (Å²) in [4.78, 5) is 4.61. The Kier molecular flexibility index (Phi) is 1.87. The highest BCUT2D eigenvalue weighted by molar-refractivity contribution is 5.30. The molecule has 1 nitrogen and oxygen atoms in total. The van der Waals surface area contributed by atoms with Gasteiger partial charge in [-0.3, -0.25) is 4.98 Å². The molecule has 1 aliphatic carbocycles. The summed E-state index contributed by atoms with van der Waals surface area (Å²) in [6.45, 7) is 4.33. The van der Waals surface area contributed by atoms with Crippen LogP contribution in [-0.4, -0.2) is 4.98 Å². The highest BCUT2D eigenvalue weighted by atomic mass is 14.7. The fraction of sp³-hybridized carbons (Fsp3) is 0.545. The van der Waals surface area contributed by atoms with E-state index in [0.29, 0.717) is 0 Å². The van der Waals surface area contributed by atoms with E-state index in [1.807, 2.05) is 0 Å². The number of aromatic nitrogens is 1. The van der Waals surface area contributed by atoms with Gasteiger partial charge in [0.15, 0.2) is 0 Å². The van der Waals surface area contributed by atoms with Gasteiger partial charge in [-0.25, -0.2) is 0 Å². The predicted molar refractivity (Wildman–Crippen MR) is 50.3 cm³/mol. The Hall–Kier alpha value is -0.850. The smallest absolute Gasteiger partial charge is 0.0469 e. The highest BCUT2D eigenvalue weighted by Gasteiger charge is 2.21. The van der Waals surface area contributed by atoms with Gasteiger partial charge in [0.1, 0.15) is 0 Å². The quantitative estimate of drug-likeness (QED) is 0.617. The van der Waals surface area contributed by atoms with Crippen molar-refractivity contribution in [1.29, 1.82) is 0 Å². The van der Waals surface area contributed by atoms with Crippen LogP contribution in [-0.2, 0) is 6.42 Å². The largest absolute Gasteiger partial charge is 0.258 e. The van der Waals surface area contributed by atoms with Gasteiger partial charge in [-0.05, 0) is 37.8 Å². The average Bonchev–Trinajstić information content (AvgIpc) is 2.46. The number of hydrogen-bond donors (Lipinski definition) is 0. The fourth-order valence-electron chi connectivity index (χ4n) is 2.03. The standard InChI is InChI=1S/C11H15N/c1-3-9-6-7-10-5-4-8(2)12-11(9)10/h4-5,9H,3,6-7H2,1-2H3. The molecular formula is C11H15N. The van der Waals surface area contributed by atoms with Gasteiger partial charge < -0.3 is 0 Å². The Morgan fingerprint density at radius 1 is 1.50 bits per heavy atom. The molecule has 0 radical (unpaired) electrons. The Balaban J connectivity index is 2.42. The van der Waals surface area contributed by atoms with Gasteiger partial charge in [-0.15, -0.1) is 0 Å². The topological polar surface area (TPSA) is 12.9 Å². The summed E-state index contributed by atoms with van der Waals surface area (Å²) in [6.07, 6.45) is 3.78. The van der Waals surface area contributed by atoms with E-state index < -0.39 is 0 Å². The molecule has 0 fully saturated rings. The number of nitrogens with zero attached hydrogens (tertiary/aromatic N) is 1. The normalized spacial score (nSPS) is 21.0.